The zero-order valence-corrected chi connectivity index (χ0v) is 12.8. The number of nitrogens with one attached hydrogen (secondary N) is 2. The van der Waals surface area contributed by atoms with E-state index in [1.807, 2.05) is 6.92 Å². The molecule has 0 aliphatic carbocycles. The van der Waals surface area contributed by atoms with Crippen molar-refractivity contribution in [1.82, 2.24) is 5.32 Å². The molecule has 1 unspecified atom stereocenters. The van der Waals surface area contributed by atoms with E-state index in [4.69, 9.17) is 9.88 Å². The second-order valence-corrected chi connectivity index (χ2v) is 6.79. The molecule has 1 aromatic carbocycles. The molecule has 7 nitrogen and oxygen atoms in total. The Hall–Kier alpha value is -1.64. The van der Waals surface area contributed by atoms with Crippen LogP contribution in [0.3, 0.4) is 0 Å². The molecule has 1 aromatic rings. The molecule has 116 valence electrons. The quantitative estimate of drug-likeness (QED) is 0.746. The van der Waals surface area contributed by atoms with Gasteiger partial charge in [-0.05, 0) is 44.5 Å². The van der Waals surface area contributed by atoms with Crippen LogP contribution in [0.25, 0.3) is 0 Å². The van der Waals surface area contributed by atoms with Crippen LogP contribution in [0.2, 0.25) is 0 Å². The van der Waals surface area contributed by atoms with E-state index in [2.05, 4.69) is 10.6 Å². The van der Waals surface area contributed by atoms with Crippen LogP contribution in [0.4, 0.5) is 5.69 Å². The fraction of sp³-hybridized carbons (Fsp3) is 0.462. The van der Waals surface area contributed by atoms with Gasteiger partial charge < -0.3 is 15.4 Å². The van der Waals surface area contributed by atoms with Crippen LogP contribution in [-0.4, -0.2) is 33.5 Å². The molecule has 0 bridgehead atoms. The van der Waals surface area contributed by atoms with Crippen LogP contribution in [0.1, 0.15) is 19.8 Å². The maximum atomic E-state index is 12.4. The summed E-state index contributed by atoms with van der Waals surface area (Å²) in [7, 11) is -2.40. The number of anilines is 1. The van der Waals surface area contributed by atoms with Crippen LogP contribution in [0.5, 0.6) is 5.75 Å². The molecule has 1 aliphatic heterocycles. The van der Waals surface area contributed by atoms with E-state index in [1.165, 1.54) is 25.3 Å². The Morgan fingerprint density at radius 1 is 1.48 bits per heavy atom. The molecule has 8 heteroatoms. The number of carbonyl (C=O) groups is 1. The second kappa shape index (κ2) is 5.63. The number of nitrogens with two attached hydrogens (primary N) is 1. The lowest BCUT2D eigenvalue weighted by Gasteiger charge is -2.23. The summed E-state index contributed by atoms with van der Waals surface area (Å²) in [6.07, 6.45) is 1.63. The number of amides is 1. The number of ether oxygens (including phenoxy) is 1. The van der Waals surface area contributed by atoms with Crippen molar-refractivity contribution in [3.05, 3.63) is 18.2 Å². The summed E-state index contributed by atoms with van der Waals surface area (Å²) in [5.74, 6) is 0.141. The average Bonchev–Trinajstić information content (AvgIpc) is 2.86. The van der Waals surface area contributed by atoms with Gasteiger partial charge in [-0.3, -0.25) is 4.79 Å². The van der Waals surface area contributed by atoms with Crippen LogP contribution in [0.15, 0.2) is 23.1 Å². The van der Waals surface area contributed by atoms with Gasteiger partial charge in [-0.1, -0.05) is 0 Å². The van der Waals surface area contributed by atoms with E-state index >= 15 is 0 Å². The molecule has 1 fully saturated rings. The van der Waals surface area contributed by atoms with Gasteiger partial charge in [-0.15, -0.1) is 0 Å². The first kappa shape index (κ1) is 15.7. The van der Waals surface area contributed by atoms with E-state index in [0.717, 1.165) is 19.4 Å². The summed E-state index contributed by atoms with van der Waals surface area (Å²) in [4.78, 5) is 12.3. The highest BCUT2D eigenvalue weighted by Crippen LogP contribution is 2.29. The molecule has 2 rings (SSSR count). The smallest absolute Gasteiger partial charge is 0.244 e. The summed E-state index contributed by atoms with van der Waals surface area (Å²) >= 11 is 0. The zero-order valence-electron chi connectivity index (χ0n) is 12.0. The SMILES string of the molecule is COc1ccc(S(N)(=O)=O)cc1NC(=O)C1(C)CCCN1. The molecule has 1 saturated heterocycles. The molecular weight excluding hydrogens is 294 g/mol. The summed E-state index contributed by atoms with van der Waals surface area (Å²) in [6.45, 7) is 2.59. The molecule has 1 aliphatic rings. The van der Waals surface area contributed by atoms with Gasteiger partial charge in [0.1, 0.15) is 5.75 Å². The summed E-state index contributed by atoms with van der Waals surface area (Å²) in [6, 6.07) is 4.09. The number of benzene rings is 1. The molecular formula is C13H19N3O4S. The van der Waals surface area contributed by atoms with Gasteiger partial charge >= 0.3 is 0 Å². The number of rotatable bonds is 4. The largest absolute Gasteiger partial charge is 0.495 e. The molecule has 21 heavy (non-hydrogen) atoms. The van der Waals surface area contributed by atoms with Crippen LogP contribution in [0, 0.1) is 0 Å². The third kappa shape index (κ3) is 3.34. The van der Waals surface area contributed by atoms with E-state index in [-0.39, 0.29) is 16.5 Å². The first-order valence-electron chi connectivity index (χ1n) is 6.53. The maximum absolute atomic E-state index is 12.4. The standard InChI is InChI=1S/C13H19N3O4S/c1-13(6-3-7-15-13)12(17)16-10-8-9(21(14,18)19)4-5-11(10)20-2/h4-5,8,15H,3,6-7H2,1-2H3,(H,16,17)(H2,14,18,19). The average molecular weight is 313 g/mol. The van der Waals surface area contributed by atoms with Crippen molar-refractivity contribution >= 4 is 21.6 Å². The lowest BCUT2D eigenvalue weighted by atomic mass is 9.99. The third-order valence-electron chi connectivity index (χ3n) is 3.62. The van der Waals surface area contributed by atoms with Gasteiger partial charge in [-0.2, -0.15) is 0 Å². The van der Waals surface area contributed by atoms with Gasteiger partial charge in [0.05, 0.1) is 23.2 Å². The Kier molecular flexibility index (Phi) is 4.22. The molecule has 0 saturated carbocycles. The fourth-order valence-corrected chi connectivity index (χ4v) is 2.85. The molecule has 1 amide bonds. The summed E-state index contributed by atoms with van der Waals surface area (Å²) in [5, 5.41) is 11.0. The minimum Gasteiger partial charge on any atom is -0.495 e. The van der Waals surface area contributed by atoms with Crippen molar-refractivity contribution in [3.63, 3.8) is 0 Å². The Morgan fingerprint density at radius 3 is 2.71 bits per heavy atom. The molecule has 4 N–H and O–H groups in total. The normalized spacial score (nSPS) is 22.0. The Bertz CT molecular complexity index is 651. The van der Waals surface area contributed by atoms with Gasteiger partial charge in [0, 0.05) is 0 Å². The van der Waals surface area contributed by atoms with Gasteiger partial charge in [0.25, 0.3) is 0 Å². The molecule has 0 radical (unpaired) electrons. The Labute approximate surface area is 123 Å². The van der Waals surface area contributed by atoms with Gasteiger partial charge in [-0.25, -0.2) is 13.6 Å². The number of carbonyl (C=O) groups excluding carboxylic acids is 1. The van der Waals surface area contributed by atoms with Crippen LogP contribution < -0.4 is 20.5 Å². The molecule has 1 heterocycles. The van der Waals surface area contributed by atoms with E-state index in [0.29, 0.717) is 5.75 Å². The minimum atomic E-state index is -3.84. The van der Waals surface area contributed by atoms with Crippen molar-refractivity contribution in [3.8, 4) is 5.75 Å². The van der Waals surface area contributed by atoms with Crippen molar-refractivity contribution in [2.24, 2.45) is 5.14 Å². The molecule has 0 aromatic heterocycles. The lowest BCUT2D eigenvalue weighted by Crippen LogP contribution is -2.48. The number of hydrogen-bond donors (Lipinski definition) is 3. The number of primary sulfonamides is 1. The third-order valence-corrected chi connectivity index (χ3v) is 4.53. The topological polar surface area (TPSA) is 111 Å². The highest BCUT2D eigenvalue weighted by molar-refractivity contribution is 7.89. The summed E-state index contributed by atoms with van der Waals surface area (Å²) in [5.41, 5.74) is -0.383. The van der Waals surface area contributed by atoms with E-state index in [1.54, 1.807) is 0 Å². The fourth-order valence-electron chi connectivity index (χ4n) is 2.31. The van der Waals surface area contributed by atoms with Gasteiger partial charge in [0.15, 0.2) is 0 Å². The zero-order chi connectivity index (χ0) is 15.7. The number of methoxy groups -OCH3 is 1. The predicted molar refractivity (Wildman–Crippen MR) is 78.6 cm³/mol. The molecule has 0 spiro atoms. The highest BCUT2D eigenvalue weighted by Gasteiger charge is 2.36. The van der Waals surface area contributed by atoms with Gasteiger partial charge in [0.2, 0.25) is 15.9 Å². The Balaban J connectivity index is 2.31. The van der Waals surface area contributed by atoms with Crippen LogP contribution >= 0.6 is 0 Å². The van der Waals surface area contributed by atoms with Crippen molar-refractivity contribution < 1.29 is 17.9 Å². The maximum Gasteiger partial charge on any atom is 0.244 e. The number of sulfonamides is 1. The lowest BCUT2D eigenvalue weighted by molar-refractivity contribution is -0.121. The first-order valence-corrected chi connectivity index (χ1v) is 8.08. The first-order chi connectivity index (χ1) is 9.76. The highest BCUT2D eigenvalue weighted by atomic mass is 32.2. The predicted octanol–water partition coefficient (Wildman–Crippen LogP) is 0.423. The van der Waals surface area contributed by atoms with E-state index < -0.39 is 15.6 Å². The van der Waals surface area contributed by atoms with Crippen molar-refractivity contribution in [2.45, 2.75) is 30.2 Å². The monoisotopic (exact) mass is 313 g/mol. The number of hydrogen-bond acceptors (Lipinski definition) is 5. The van der Waals surface area contributed by atoms with Crippen LogP contribution in [-0.2, 0) is 14.8 Å². The minimum absolute atomic E-state index is 0.0804. The summed E-state index contributed by atoms with van der Waals surface area (Å²) < 4.78 is 27.9. The van der Waals surface area contributed by atoms with Crippen molar-refractivity contribution in [2.75, 3.05) is 19.0 Å². The Morgan fingerprint density at radius 2 is 2.19 bits per heavy atom. The second-order valence-electron chi connectivity index (χ2n) is 5.22. The van der Waals surface area contributed by atoms with Crippen molar-refractivity contribution in [1.29, 1.82) is 0 Å². The van der Waals surface area contributed by atoms with E-state index in [9.17, 15) is 13.2 Å². The molecule has 1 atom stereocenters.